The number of amides is 1. The number of aromatic nitrogens is 3. The minimum atomic E-state index is -1.04. The summed E-state index contributed by atoms with van der Waals surface area (Å²) in [6.07, 6.45) is 5.32. The molecule has 4 fully saturated rings. The Morgan fingerprint density at radius 1 is 1.18 bits per heavy atom. The number of fused-ring (bicyclic) bond motifs is 7. The monoisotopic (exact) mass is 682 g/mol. The predicted molar refractivity (Wildman–Crippen MR) is 179 cm³/mol. The summed E-state index contributed by atoms with van der Waals surface area (Å²) in [7, 11) is 0. The molecule has 7 heterocycles. The number of hydrogen-bond donors (Lipinski definition) is 1. The van der Waals surface area contributed by atoms with Crippen molar-refractivity contribution in [3.63, 3.8) is 0 Å². The number of anilines is 1. The van der Waals surface area contributed by atoms with Gasteiger partial charge in [-0.3, -0.25) is 9.80 Å². The zero-order valence-corrected chi connectivity index (χ0v) is 27.2. The number of pyridine rings is 1. The van der Waals surface area contributed by atoms with Crippen LogP contribution in [-0.2, 0) is 0 Å². The fourth-order valence-electron chi connectivity index (χ4n) is 9.24. The van der Waals surface area contributed by atoms with Crippen LogP contribution in [0.15, 0.2) is 42.5 Å². The molecule has 1 amide bonds. The lowest BCUT2D eigenvalue weighted by Crippen LogP contribution is -2.64. The number of ether oxygens (including phenoxy) is 2. The maximum Gasteiger partial charge on any atom is 0.407 e. The fraction of sp³-hybridized carbons (Fsp3) is 0.405. The third kappa shape index (κ3) is 4.27. The van der Waals surface area contributed by atoms with Crippen LogP contribution in [-0.4, -0.2) is 98.1 Å². The van der Waals surface area contributed by atoms with Crippen molar-refractivity contribution in [1.82, 2.24) is 24.8 Å². The van der Waals surface area contributed by atoms with E-state index in [4.69, 9.17) is 25.9 Å². The van der Waals surface area contributed by atoms with Gasteiger partial charge in [-0.2, -0.15) is 9.97 Å². The number of alkyl halides is 1. The van der Waals surface area contributed by atoms with Gasteiger partial charge in [0, 0.05) is 37.0 Å². The minimum Gasteiger partial charge on any atom is -0.472 e. The summed E-state index contributed by atoms with van der Waals surface area (Å²) in [5, 5.41) is 11.3. The van der Waals surface area contributed by atoms with Gasteiger partial charge in [-0.25, -0.2) is 22.9 Å². The lowest BCUT2D eigenvalue weighted by Gasteiger charge is -2.47. The van der Waals surface area contributed by atoms with E-state index in [9.17, 15) is 14.3 Å². The quantitative estimate of drug-likeness (QED) is 0.214. The summed E-state index contributed by atoms with van der Waals surface area (Å²) in [5.41, 5.74) is 0.0749. The Hall–Kier alpha value is -5.09. The molecule has 0 saturated carbocycles. The molecular formula is C37H33F3N6O4. The molecule has 1 N–H and O–H groups in total. The number of piperazine rings is 1. The Bertz CT molecular complexity index is 2190. The van der Waals surface area contributed by atoms with Gasteiger partial charge >= 0.3 is 12.1 Å². The molecule has 2 aromatic heterocycles. The van der Waals surface area contributed by atoms with Gasteiger partial charge in [0.1, 0.15) is 47.1 Å². The third-order valence-electron chi connectivity index (χ3n) is 11.5. The third-order valence-corrected chi connectivity index (χ3v) is 11.5. The maximum absolute atomic E-state index is 17.2. The first-order chi connectivity index (χ1) is 24.1. The highest BCUT2D eigenvalue weighted by molar-refractivity contribution is 6.03. The Labute approximate surface area is 285 Å². The largest absolute Gasteiger partial charge is 0.472 e. The van der Waals surface area contributed by atoms with Gasteiger partial charge in [-0.1, -0.05) is 42.3 Å². The van der Waals surface area contributed by atoms with Crippen molar-refractivity contribution in [1.29, 1.82) is 0 Å². The van der Waals surface area contributed by atoms with Crippen molar-refractivity contribution < 1.29 is 32.5 Å². The molecule has 50 heavy (non-hydrogen) atoms. The molecule has 0 aliphatic carbocycles. The Morgan fingerprint density at radius 3 is 2.82 bits per heavy atom. The summed E-state index contributed by atoms with van der Waals surface area (Å²) in [6.45, 7) is 7.32. The van der Waals surface area contributed by atoms with Gasteiger partial charge in [0.05, 0.1) is 29.2 Å². The number of halogens is 3. The van der Waals surface area contributed by atoms with Gasteiger partial charge in [0.15, 0.2) is 5.82 Å². The van der Waals surface area contributed by atoms with Crippen LogP contribution in [0.25, 0.3) is 32.9 Å². The molecule has 13 heteroatoms. The predicted octanol–water partition coefficient (Wildman–Crippen LogP) is 5.71. The molecule has 256 valence electrons. The summed E-state index contributed by atoms with van der Waals surface area (Å²) in [6, 6.07) is 6.59. The molecular weight excluding hydrogens is 649 g/mol. The number of benzene rings is 2. The summed E-state index contributed by atoms with van der Waals surface area (Å²) >= 11 is 0. The molecule has 5 aliphatic rings. The highest BCUT2D eigenvalue weighted by Gasteiger charge is 2.54. The van der Waals surface area contributed by atoms with Crippen LogP contribution in [0.3, 0.4) is 0 Å². The Morgan fingerprint density at radius 2 is 2.02 bits per heavy atom. The fourth-order valence-corrected chi connectivity index (χ4v) is 9.24. The van der Waals surface area contributed by atoms with E-state index in [1.54, 1.807) is 24.3 Å². The first-order valence-corrected chi connectivity index (χ1v) is 16.8. The van der Waals surface area contributed by atoms with Crippen LogP contribution in [0.1, 0.15) is 38.2 Å². The van der Waals surface area contributed by atoms with E-state index in [0.29, 0.717) is 48.9 Å². The van der Waals surface area contributed by atoms with E-state index >= 15 is 8.78 Å². The second-order valence-electron chi connectivity index (χ2n) is 14.0. The topological polar surface area (TPSA) is 104 Å². The van der Waals surface area contributed by atoms with Crippen LogP contribution >= 0.6 is 0 Å². The van der Waals surface area contributed by atoms with Crippen molar-refractivity contribution in [3.05, 3.63) is 59.7 Å². The molecule has 5 unspecified atom stereocenters. The van der Waals surface area contributed by atoms with E-state index in [2.05, 4.69) is 17.5 Å². The number of terminal acetylenes is 1. The van der Waals surface area contributed by atoms with Crippen molar-refractivity contribution in [2.24, 2.45) is 0 Å². The zero-order valence-electron chi connectivity index (χ0n) is 27.2. The average molecular weight is 683 g/mol. The maximum atomic E-state index is 17.2. The van der Waals surface area contributed by atoms with Crippen LogP contribution in [0.2, 0.25) is 0 Å². The zero-order chi connectivity index (χ0) is 34.6. The first-order valence-electron chi connectivity index (χ1n) is 16.8. The van der Waals surface area contributed by atoms with Crippen LogP contribution < -0.4 is 14.4 Å². The normalized spacial score (nSPS) is 28.4. The van der Waals surface area contributed by atoms with Gasteiger partial charge in [0.2, 0.25) is 5.88 Å². The first kappa shape index (κ1) is 30.9. The van der Waals surface area contributed by atoms with E-state index < -0.39 is 47.6 Å². The molecule has 5 aliphatic heterocycles. The Balaban J connectivity index is 1.25. The molecule has 4 aromatic rings. The van der Waals surface area contributed by atoms with Crippen molar-refractivity contribution in [2.75, 3.05) is 31.1 Å². The Kier molecular flexibility index (Phi) is 6.78. The van der Waals surface area contributed by atoms with Gasteiger partial charge in [-0.15, -0.1) is 6.42 Å². The lowest BCUT2D eigenvalue weighted by atomic mass is 9.90. The molecule has 6 atom stereocenters. The summed E-state index contributed by atoms with van der Waals surface area (Å²) in [4.78, 5) is 32.1. The molecule has 4 saturated heterocycles. The lowest BCUT2D eigenvalue weighted by molar-refractivity contribution is 0.0706. The smallest absolute Gasteiger partial charge is 0.407 e. The van der Waals surface area contributed by atoms with Crippen LogP contribution in [0, 0.1) is 24.0 Å². The molecule has 9 rings (SSSR count). The second kappa shape index (κ2) is 11.0. The SMILES string of the molecule is C#Cc1c(F)ccc2cccc(-c3nc4c5c(nc(OCC67C[C@@H](F)CN6CCC7=C)nc5c3F)N3CC5CCC(C3C(C)O4)N5C(=O)O)c12. The van der Waals surface area contributed by atoms with Gasteiger partial charge in [0.25, 0.3) is 0 Å². The summed E-state index contributed by atoms with van der Waals surface area (Å²) in [5.74, 6) is 1.34. The van der Waals surface area contributed by atoms with Gasteiger partial charge < -0.3 is 19.5 Å². The number of rotatable bonds is 4. The van der Waals surface area contributed by atoms with Crippen LogP contribution in [0.5, 0.6) is 11.9 Å². The highest BCUT2D eigenvalue weighted by atomic mass is 19.1. The number of carbonyl (C=O) groups is 1. The standard InChI is InChI=1S/C37H33F3N6O4/c1-4-23-25(39)10-8-20-6-5-7-24(27(20)23)30-29(40)31-28-33(43-35(42-31)49-17-37-14-21(38)15-44(37)13-12-18(37)2)45-16-22-9-11-26(46(22)36(47)48)32(45)19(3)50-34(28)41-30/h1,5-8,10,19,21-22,26,32H,2,9,11-17H2,3H3,(H,47,48)/t19?,21-,22?,26?,32?,37?/m1/s1. The summed E-state index contributed by atoms with van der Waals surface area (Å²) < 4.78 is 59.7. The highest BCUT2D eigenvalue weighted by Crippen LogP contribution is 2.48. The van der Waals surface area contributed by atoms with E-state index in [1.807, 2.05) is 16.7 Å². The molecule has 2 bridgehead atoms. The van der Waals surface area contributed by atoms with Crippen LogP contribution in [0.4, 0.5) is 23.8 Å². The van der Waals surface area contributed by atoms with E-state index in [0.717, 1.165) is 5.57 Å². The number of nitrogens with zero attached hydrogens (tertiary/aromatic N) is 6. The van der Waals surface area contributed by atoms with Crippen molar-refractivity contribution in [3.8, 4) is 35.5 Å². The van der Waals surface area contributed by atoms with Crippen molar-refractivity contribution in [2.45, 2.75) is 68.5 Å². The molecule has 10 nitrogen and oxygen atoms in total. The minimum absolute atomic E-state index is 0.0200. The second-order valence-corrected chi connectivity index (χ2v) is 14.0. The molecule has 0 spiro atoms. The van der Waals surface area contributed by atoms with Gasteiger partial charge in [-0.05, 0) is 37.6 Å². The van der Waals surface area contributed by atoms with E-state index in [-0.39, 0.29) is 65.2 Å². The molecule has 2 aromatic carbocycles. The molecule has 0 radical (unpaired) electrons. The van der Waals surface area contributed by atoms with E-state index in [1.165, 1.54) is 11.0 Å². The average Bonchev–Trinajstić information content (AvgIpc) is 3.68. The number of carboxylic acid groups (broad SMARTS) is 1. The number of hydrogen-bond acceptors (Lipinski definition) is 8. The van der Waals surface area contributed by atoms with Crippen molar-refractivity contribution >= 4 is 33.6 Å².